The summed E-state index contributed by atoms with van der Waals surface area (Å²) in [7, 11) is 5.95. The third-order valence-electron chi connectivity index (χ3n) is 2.49. The van der Waals surface area contributed by atoms with Crippen LogP contribution >= 0.6 is 12.2 Å². The molecule has 18 heavy (non-hydrogen) atoms. The second-order valence-electron chi connectivity index (χ2n) is 4.42. The average Bonchev–Trinajstić information content (AvgIpc) is 2.35. The van der Waals surface area contributed by atoms with Crippen molar-refractivity contribution in [1.29, 1.82) is 0 Å². The molecule has 0 aliphatic carbocycles. The molecule has 0 fully saturated rings. The molecule has 5 heteroatoms. The SMILES string of the molecule is COc1ccc(NC(=S)NCCC[NH+](C)C)cc1. The minimum Gasteiger partial charge on any atom is -0.497 e. The van der Waals surface area contributed by atoms with Crippen molar-refractivity contribution in [3.05, 3.63) is 24.3 Å². The molecule has 0 unspecified atom stereocenters. The lowest BCUT2D eigenvalue weighted by atomic mass is 10.3. The van der Waals surface area contributed by atoms with Crippen LogP contribution in [0.5, 0.6) is 5.75 Å². The first-order valence-corrected chi connectivity index (χ1v) is 6.50. The Morgan fingerprint density at radius 1 is 1.28 bits per heavy atom. The van der Waals surface area contributed by atoms with Gasteiger partial charge in [-0.25, -0.2) is 0 Å². The van der Waals surface area contributed by atoms with Crippen molar-refractivity contribution >= 4 is 23.0 Å². The highest BCUT2D eigenvalue weighted by atomic mass is 32.1. The van der Waals surface area contributed by atoms with Crippen molar-refractivity contribution in [3.63, 3.8) is 0 Å². The van der Waals surface area contributed by atoms with Crippen LogP contribution in [0.25, 0.3) is 0 Å². The molecule has 0 amide bonds. The van der Waals surface area contributed by atoms with Gasteiger partial charge in [-0.15, -0.1) is 0 Å². The van der Waals surface area contributed by atoms with E-state index in [2.05, 4.69) is 24.7 Å². The quantitative estimate of drug-likeness (QED) is 0.519. The molecule has 0 atom stereocenters. The number of hydrogen-bond donors (Lipinski definition) is 3. The van der Waals surface area contributed by atoms with Crippen molar-refractivity contribution in [2.75, 3.05) is 39.6 Å². The van der Waals surface area contributed by atoms with Gasteiger partial charge in [0.15, 0.2) is 5.11 Å². The first kappa shape index (κ1) is 14.7. The molecule has 1 aromatic carbocycles. The Hall–Kier alpha value is -1.33. The van der Waals surface area contributed by atoms with Crippen LogP contribution in [0.15, 0.2) is 24.3 Å². The highest BCUT2D eigenvalue weighted by Gasteiger charge is 1.99. The molecule has 0 bridgehead atoms. The van der Waals surface area contributed by atoms with E-state index in [4.69, 9.17) is 17.0 Å². The number of methoxy groups -OCH3 is 1. The van der Waals surface area contributed by atoms with Gasteiger partial charge in [0.05, 0.1) is 27.7 Å². The van der Waals surface area contributed by atoms with Crippen molar-refractivity contribution < 1.29 is 9.64 Å². The first-order chi connectivity index (χ1) is 8.61. The molecule has 3 N–H and O–H groups in total. The molecule has 0 spiro atoms. The number of benzene rings is 1. The molecule has 0 aromatic heterocycles. The molecular weight excluding hydrogens is 246 g/mol. The lowest BCUT2D eigenvalue weighted by Crippen LogP contribution is -3.05. The van der Waals surface area contributed by atoms with E-state index in [1.807, 2.05) is 24.3 Å². The number of nitrogens with one attached hydrogen (secondary N) is 3. The Kier molecular flexibility index (Phi) is 6.46. The van der Waals surface area contributed by atoms with Crippen LogP contribution in [0.2, 0.25) is 0 Å². The Bertz CT molecular complexity index is 365. The number of rotatable bonds is 6. The standard InChI is InChI=1S/C13H21N3OS/c1-16(2)10-4-9-14-13(18)15-11-5-7-12(17-3)8-6-11/h5-8H,4,9-10H2,1-3H3,(H2,14,15,18)/p+1. The maximum absolute atomic E-state index is 5.22. The number of anilines is 1. The summed E-state index contributed by atoms with van der Waals surface area (Å²) in [5.41, 5.74) is 0.964. The zero-order chi connectivity index (χ0) is 13.4. The summed E-state index contributed by atoms with van der Waals surface area (Å²) in [5, 5.41) is 6.99. The van der Waals surface area contributed by atoms with Gasteiger partial charge in [0.25, 0.3) is 0 Å². The summed E-state index contributed by atoms with van der Waals surface area (Å²) in [6.45, 7) is 2.03. The second kappa shape index (κ2) is 7.89. The van der Waals surface area contributed by atoms with Crippen LogP contribution in [-0.2, 0) is 0 Å². The van der Waals surface area contributed by atoms with Crippen LogP contribution < -0.4 is 20.3 Å². The topological polar surface area (TPSA) is 37.7 Å². The fourth-order valence-electron chi connectivity index (χ4n) is 1.49. The summed E-state index contributed by atoms with van der Waals surface area (Å²) in [4.78, 5) is 1.45. The highest BCUT2D eigenvalue weighted by molar-refractivity contribution is 7.80. The maximum Gasteiger partial charge on any atom is 0.170 e. The minimum atomic E-state index is 0.661. The molecule has 0 aliphatic heterocycles. The summed E-state index contributed by atoms with van der Waals surface area (Å²) in [6, 6.07) is 7.69. The smallest absolute Gasteiger partial charge is 0.170 e. The number of thiocarbonyl (C=S) groups is 1. The van der Waals surface area contributed by atoms with Crippen molar-refractivity contribution in [2.24, 2.45) is 0 Å². The van der Waals surface area contributed by atoms with Crippen LogP contribution in [0.1, 0.15) is 6.42 Å². The second-order valence-corrected chi connectivity index (χ2v) is 4.83. The molecule has 0 aliphatic rings. The monoisotopic (exact) mass is 268 g/mol. The van der Waals surface area contributed by atoms with E-state index >= 15 is 0 Å². The lowest BCUT2D eigenvalue weighted by Gasteiger charge is -2.11. The van der Waals surface area contributed by atoms with Gasteiger partial charge in [0.2, 0.25) is 0 Å². The van der Waals surface area contributed by atoms with E-state index in [0.717, 1.165) is 30.9 Å². The fourth-order valence-corrected chi connectivity index (χ4v) is 1.71. The van der Waals surface area contributed by atoms with Gasteiger partial charge in [-0.1, -0.05) is 0 Å². The zero-order valence-corrected chi connectivity index (χ0v) is 12.1. The van der Waals surface area contributed by atoms with Gasteiger partial charge in [-0.3, -0.25) is 0 Å². The van der Waals surface area contributed by atoms with E-state index in [0.29, 0.717) is 5.11 Å². The van der Waals surface area contributed by atoms with Crippen LogP contribution in [0.4, 0.5) is 5.69 Å². The van der Waals surface area contributed by atoms with Crippen LogP contribution in [0.3, 0.4) is 0 Å². The predicted octanol–water partition coefficient (Wildman–Crippen LogP) is 0.516. The third-order valence-corrected chi connectivity index (χ3v) is 2.73. The first-order valence-electron chi connectivity index (χ1n) is 6.09. The Morgan fingerprint density at radius 2 is 1.94 bits per heavy atom. The Balaban J connectivity index is 2.26. The zero-order valence-electron chi connectivity index (χ0n) is 11.2. The van der Waals surface area contributed by atoms with Gasteiger partial charge in [0.1, 0.15) is 5.75 Å². The van der Waals surface area contributed by atoms with Crippen molar-refractivity contribution in [1.82, 2.24) is 5.32 Å². The summed E-state index contributed by atoms with van der Waals surface area (Å²) >= 11 is 5.22. The van der Waals surface area contributed by atoms with Gasteiger partial charge < -0.3 is 20.3 Å². The molecule has 4 nitrogen and oxygen atoms in total. The number of ether oxygens (including phenoxy) is 1. The molecule has 1 rings (SSSR count). The average molecular weight is 268 g/mol. The van der Waals surface area contributed by atoms with E-state index < -0.39 is 0 Å². The molecule has 0 saturated carbocycles. The molecule has 0 saturated heterocycles. The van der Waals surface area contributed by atoms with Crippen molar-refractivity contribution in [2.45, 2.75) is 6.42 Å². The van der Waals surface area contributed by atoms with Gasteiger partial charge in [0, 0.05) is 18.7 Å². The molecule has 1 aromatic rings. The minimum absolute atomic E-state index is 0.661. The molecular formula is C13H22N3OS+. The van der Waals surface area contributed by atoms with E-state index in [9.17, 15) is 0 Å². The van der Waals surface area contributed by atoms with Crippen LogP contribution in [0, 0.1) is 0 Å². The van der Waals surface area contributed by atoms with Gasteiger partial charge in [-0.2, -0.15) is 0 Å². The van der Waals surface area contributed by atoms with Gasteiger partial charge >= 0.3 is 0 Å². The van der Waals surface area contributed by atoms with E-state index in [1.165, 1.54) is 4.90 Å². The largest absolute Gasteiger partial charge is 0.497 e. The molecule has 0 heterocycles. The third kappa shape index (κ3) is 5.84. The maximum atomic E-state index is 5.22. The normalized spacial score (nSPS) is 10.2. The highest BCUT2D eigenvalue weighted by Crippen LogP contribution is 2.14. The van der Waals surface area contributed by atoms with Crippen molar-refractivity contribution in [3.8, 4) is 5.75 Å². The fraction of sp³-hybridized carbons (Fsp3) is 0.462. The van der Waals surface area contributed by atoms with E-state index in [-0.39, 0.29) is 0 Å². The Morgan fingerprint density at radius 3 is 2.50 bits per heavy atom. The summed E-state index contributed by atoms with van der Waals surface area (Å²) < 4.78 is 5.10. The summed E-state index contributed by atoms with van der Waals surface area (Å²) in [5.74, 6) is 0.841. The summed E-state index contributed by atoms with van der Waals surface area (Å²) in [6.07, 6.45) is 1.10. The van der Waals surface area contributed by atoms with Crippen LogP contribution in [-0.4, -0.2) is 39.4 Å². The molecule has 100 valence electrons. The number of hydrogen-bond acceptors (Lipinski definition) is 2. The lowest BCUT2D eigenvalue weighted by molar-refractivity contribution is -0.858. The Labute approximate surface area is 114 Å². The predicted molar refractivity (Wildman–Crippen MR) is 79.5 cm³/mol. The van der Waals surface area contributed by atoms with E-state index in [1.54, 1.807) is 7.11 Å². The number of quaternary nitrogens is 1. The van der Waals surface area contributed by atoms with Gasteiger partial charge in [-0.05, 0) is 36.5 Å². The molecule has 0 radical (unpaired) electrons.